The summed E-state index contributed by atoms with van der Waals surface area (Å²) in [6.07, 6.45) is 5.26. The van der Waals surface area contributed by atoms with Crippen LogP contribution in [0.1, 0.15) is 32.6 Å². The van der Waals surface area contributed by atoms with E-state index in [9.17, 15) is 0 Å². The second kappa shape index (κ2) is 4.60. The molecule has 0 aromatic carbocycles. The first-order valence-electron chi connectivity index (χ1n) is 5.87. The Bertz CT molecular complexity index is 176. The van der Waals surface area contributed by atoms with Crippen LogP contribution in [-0.4, -0.2) is 19.3 Å². The summed E-state index contributed by atoms with van der Waals surface area (Å²) < 4.78 is 5.52. The third-order valence-electron chi connectivity index (χ3n) is 3.83. The smallest absolute Gasteiger partial charge is 0.0509 e. The van der Waals surface area contributed by atoms with Crippen molar-refractivity contribution in [3.05, 3.63) is 0 Å². The van der Waals surface area contributed by atoms with Crippen molar-refractivity contribution in [3.8, 4) is 0 Å². The highest BCUT2D eigenvalue weighted by Crippen LogP contribution is 2.40. The van der Waals surface area contributed by atoms with E-state index in [2.05, 4.69) is 12.3 Å². The van der Waals surface area contributed by atoms with Crippen LogP contribution in [-0.2, 0) is 4.74 Å². The topological polar surface area (TPSA) is 47.3 Å². The average molecular weight is 198 g/mol. The summed E-state index contributed by atoms with van der Waals surface area (Å²) in [5, 5.41) is 0. The molecule has 0 amide bonds. The van der Waals surface area contributed by atoms with Gasteiger partial charge in [-0.2, -0.15) is 0 Å². The molecule has 1 aliphatic heterocycles. The van der Waals surface area contributed by atoms with E-state index in [1.54, 1.807) is 0 Å². The Balaban J connectivity index is 1.89. The fourth-order valence-corrected chi connectivity index (χ4v) is 2.68. The Hall–Kier alpha value is -0.120. The van der Waals surface area contributed by atoms with E-state index in [-0.39, 0.29) is 0 Å². The van der Waals surface area contributed by atoms with Crippen LogP contribution >= 0.6 is 0 Å². The average Bonchev–Trinajstić information content (AvgIpc) is 3.03. The van der Waals surface area contributed by atoms with E-state index in [0.717, 1.165) is 19.1 Å². The van der Waals surface area contributed by atoms with Gasteiger partial charge in [-0.15, -0.1) is 0 Å². The van der Waals surface area contributed by atoms with Crippen LogP contribution in [0.15, 0.2) is 0 Å². The number of hydrazine groups is 1. The van der Waals surface area contributed by atoms with Crippen LogP contribution in [0, 0.1) is 17.8 Å². The van der Waals surface area contributed by atoms with Crippen LogP contribution in [0.5, 0.6) is 0 Å². The highest BCUT2D eigenvalue weighted by atomic mass is 16.5. The largest absolute Gasteiger partial charge is 0.381 e. The van der Waals surface area contributed by atoms with Crippen molar-refractivity contribution in [1.82, 2.24) is 5.43 Å². The second-order valence-corrected chi connectivity index (χ2v) is 4.87. The van der Waals surface area contributed by atoms with Crippen molar-refractivity contribution in [2.45, 2.75) is 38.6 Å². The van der Waals surface area contributed by atoms with Gasteiger partial charge in [0.25, 0.3) is 0 Å². The molecule has 3 heteroatoms. The van der Waals surface area contributed by atoms with Gasteiger partial charge in [-0.25, -0.2) is 0 Å². The number of hydrogen-bond acceptors (Lipinski definition) is 3. The van der Waals surface area contributed by atoms with E-state index in [0.29, 0.717) is 17.9 Å². The molecule has 3 unspecified atom stereocenters. The summed E-state index contributed by atoms with van der Waals surface area (Å²) in [4.78, 5) is 0. The highest BCUT2D eigenvalue weighted by molar-refractivity contribution is 4.89. The molecule has 2 fully saturated rings. The Morgan fingerprint density at radius 2 is 2.07 bits per heavy atom. The summed E-state index contributed by atoms with van der Waals surface area (Å²) in [6, 6.07) is 0.461. The minimum atomic E-state index is 0.461. The Morgan fingerprint density at radius 1 is 1.29 bits per heavy atom. The molecule has 0 aromatic rings. The molecule has 0 bridgehead atoms. The number of rotatable bonds is 4. The van der Waals surface area contributed by atoms with Crippen molar-refractivity contribution < 1.29 is 4.74 Å². The molecule has 1 aliphatic carbocycles. The van der Waals surface area contributed by atoms with Gasteiger partial charge in [-0.05, 0) is 43.4 Å². The normalized spacial score (nSPS) is 32.6. The van der Waals surface area contributed by atoms with Crippen LogP contribution in [0.2, 0.25) is 0 Å². The van der Waals surface area contributed by atoms with Gasteiger partial charge in [-0.1, -0.05) is 6.92 Å². The molecule has 0 aromatic heterocycles. The van der Waals surface area contributed by atoms with Crippen molar-refractivity contribution >= 4 is 0 Å². The van der Waals surface area contributed by atoms with Crippen molar-refractivity contribution in [2.24, 2.45) is 23.6 Å². The summed E-state index contributed by atoms with van der Waals surface area (Å²) in [5.41, 5.74) is 3.01. The maximum atomic E-state index is 5.66. The molecule has 1 saturated heterocycles. The lowest BCUT2D eigenvalue weighted by molar-refractivity contribution is 0.0281. The van der Waals surface area contributed by atoms with Gasteiger partial charge in [0, 0.05) is 12.6 Å². The van der Waals surface area contributed by atoms with Gasteiger partial charge in [-0.3, -0.25) is 11.3 Å². The molecule has 3 N–H and O–H groups in total. The highest BCUT2D eigenvalue weighted by Gasteiger charge is 2.37. The van der Waals surface area contributed by atoms with Gasteiger partial charge >= 0.3 is 0 Å². The van der Waals surface area contributed by atoms with E-state index in [1.165, 1.54) is 25.7 Å². The zero-order valence-electron chi connectivity index (χ0n) is 9.04. The molecule has 82 valence electrons. The number of nitrogens with one attached hydrogen (secondary N) is 1. The second-order valence-electron chi connectivity index (χ2n) is 4.87. The van der Waals surface area contributed by atoms with E-state index in [1.807, 2.05) is 0 Å². The lowest BCUT2D eigenvalue weighted by Crippen LogP contribution is -2.48. The summed E-state index contributed by atoms with van der Waals surface area (Å²) in [7, 11) is 0. The van der Waals surface area contributed by atoms with Crippen LogP contribution in [0.25, 0.3) is 0 Å². The van der Waals surface area contributed by atoms with Gasteiger partial charge in [0.2, 0.25) is 0 Å². The molecule has 1 heterocycles. The maximum absolute atomic E-state index is 5.66. The molecule has 3 nitrogen and oxygen atoms in total. The molecular formula is C11H22N2O. The standard InChI is InChI=1S/C11H22N2O/c1-8(9-4-5-9)11(13-12)10-3-2-6-14-7-10/h8-11,13H,2-7,12H2,1H3. The minimum absolute atomic E-state index is 0.461. The lowest BCUT2D eigenvalue weighted by atomic mass is 9.84. The Kier molecular flexibility index (Phi) is 3.42. The summed E-state index contributed by atoms with van der Waals surface area (Å²) >= 11 is 0. The number of hydrogen-bond donors (Lipinski definition) is 2. The third-order valence-corrected chi connectivity index (χ3v) is 3.83. The summed E-state index contributed by atoms with van der Waals surface area (Å²) in [5.74, 6) is 7.92. The van der Waals surface area contributed by atoms with E-state index in [4.69, 9.17) is 10.6 Å². The predicted octanol–water partition coefficient (Wildman–Crippen LogP) is 1.29. The van der Waals surface area contributed by atoms with Crippen LogP contribution in [0.4, 0.5) is 0 Å². The van der Waals surface area contributed by atoms with Gasteiger partial charge < -0.3 is 4.74 Å². The maximum Gasteiger partial charge on any atom is 0.0509 e. The monoisotopic (exact) mass is 198 g/mol. The zero-order valence-corrected chi connectivity index (χ0v) is 9.04. The third kappa shape index (κ3) is 2.27. The number of nitrogens with two attached hydrogens (primary N) is 1. The molecule has 2 rings (SSSR count). The van der Waals surface area contributed by atoms with Gasteiger partial charge in [0.1, 0.15) is 0 Å². The first-order valence-corrected chi connectivity index (χ1v) is 5.87. The number of ether oxygens (including phenoxy) is 1. The molecule has 0 radical (unpaired) electrons. The van der Waals surface area contributed by atoms with Crippen molar-refractivity contribution in [2.75, 3.05) is 13.2 Å². The molecule has 2 aliphatic rings. The first-order chi connectivity index (χ1) is 6.83. The Labute approximate surface area is 86.4 Å². The van der Waals surface area contributed by atoms with Gasteiger partial charge in [0.05, 0.1) is 6.61 Å². The SMILES string of the molecule is CC(C1CC1)C(NN)C1CCCOC1. The Morgan fingerprint density at radius 3 is 2.57 bits per heavy atom. The van der Waals surface area contributed by atoms with Gasteiger partial charge in [0.15, 0.2) is 0 Å². The lowest BCUT2D eigenvalue weighted by Gasteiger charge is -2.33. The molecule has 1 saturated carbocycles. The van der Waals surface area contributed by atoms with E-state index >= 15 is 0 Å². The first kappa shape index (κ1) is 10.4. The fourth-order valence-electron chi connectivity index (χ4n) is 2.68. The zero-order chi connectivity index (χ0) is 9.97. The van der Waals surface area contributed by atoms with Crippen molar-refractivity contribution in [1.29, 1.82) is 0 Å². The van der Waals surface area contributed by atoms with Crippen LogP contribution < -0.4 is 11.3 Å². The fraction of sp³-hybridized carbons (Fsp3) is 1.00. The molecule has 14 heavy (non-hydrogen) atoms. The van der Waals surface area contributed by atoms with Crippen LogP contribution in [0.3, 0.4) is 0 Å². The molecule has 3 atom stereocenters. The molecule has 0 spiro atoms. The summed E-state index contributed by atoms with van der Waals surface area (Å²) in [6.45, 7) is 4.16. The van der Waals surface area contributed by atoms with E-state index < -0.39 is 0 Å². The minimum Gasteiger partial charge on any atom is -0.381 e. The predicted molar refractivity (Wildman–Crippen MR) is 56.5 cm³/mol. The quantitative estimate of drug-likeness (QED) is 0.528. The van der Waals surface area contributed by atoms with Crippen molar-refractivity contribution in [3.63, 3.8) is 0 Å². The molecular weight excluding hydrogens is 176 g/mol.